The van der Waals surface area contributed by atoms with Crippen LogP contribution in [0.15, 0.2) is 48.5 Å². The average molecular weight is 378 g/mol. The Hall–Kier alpha value is -2.83. The van der Waals surface area contributed by atoms with Crippen LogP contribution in [0.3, 0.4) is 0 Å². The third-order valence-corrected chi connectivity index (χ3v) is 4.10. The minimum Gasteiger partial charge on any atom is -0.326 e. The van der Waals surface area contributed by atoms with Gasteiger partial charge in [-0.1, -0.05) is 25.1 Å². The summed E-state index contributed by atoms with van der Waals surface area (Å²) in [7, 11) is 0. The number of rotatable bonds is 6. The fourth-order valence-corrected chi connectivity index (χ4v) is 2.70. The van der Waals surface area contributed by atoms with Crippen molar-refractivity contribution in [3.05, 3.63) is 59.7 Å². The van der Waals surface area contributed by atoms with E-state index in [-0.39, 0.29) is 30.5 Å². The van der Waals surface area contributed by atoms with E-state index in [1.165, 1.54) is 24.0 Å². The Labute approximate surface area is 156 Å². The van der Waals surface area contributed by atoms with E-state index in [1.54, 1.807) is 0 Å². The quantitative estimate of drug-likeness (QED) is 0.796. The number of halogens is 3. The summed E-state index contributed by atoms with van der Waals surface area (Å²) in [4.78, 5) is 25.7. The Morgan fingerprint density at radius 3 is 2.22 bits per heavy atom. The number of para-hydroxylation sites is 1. The highest BCUT2D eigenvalue weighted by Gasteiger charge is 2.30. The molecule has 0 unspecified atom stereocenters. The van der Waals surface area contributed by atoms with Crippen LogP contribution in [0.5, 0.6) is 0 Å². The molecule has 2 aromatic carbocycles. The van der Waals surface area contributed by atoms with E-state index in [2.05, 4.69) is 5.32 Å². The van der Waals surface area contributed by atoms with Gasteiger partial charge in [-0.25, -0.2) is 0 Å². The van der Waals surface area contributed by atoms with Crippen LogP contribution >= 0.6 is 0 Å². The summed E-state index contributed by atoms with van der Waals surface area (Å²) < 4.78 is 37.7. The lowest BCUT2D eigenvalue weighted by Crippen LogP contribution is -2.32. The summed E-state index contributed by atoms with van der Waals surface area (Å²) in [6.07, 6.45) is -3.65. The highest BCUT2D eigenvalue weighted by molar-refractivity contribution is 5.95. The zero-order valence-corrected chi connectivity index (χ0v) is 15.1. The van der Waals surface area contributed by atoms with Crippen LogP contribution in [-0.2, 0) is 22.2 Å². The van der Waals surface area contributed by atoms with E-state index in [0.717, 1.165) is 29.8 Å². The first kappa shape index (κ1) is 20.5. The van der Waals surface area contributed by atoms with Crippen LogP contribution in [0.2, 0.25) is 0 Å². The molecule has 2 aromatic rings. The van der Waals surface area contributed by atoms with E-state index in [4.69, 9.17) is 0 Å². The maximum atomic E-state index is 12.6. The SMILES string of the molecule is CCc1ccccc1N(CCC(=O)Nc1ccc(C(F)(F)F)cc1)C(C)=O. The topological polar surface area (TPSA) is 49.4 Å². The summed E-state index contributed by atoms with van der Waals surface area (Å²) in [6, 6.07) is 11.7. The highest BCUT2D eigenvalue weighted by Crippen LogP contribution is 2.29. The van der Waals surface area contributed by atoms with Crippen molar-refractivity contribution in [3.8, 4) is 0 Å². The molecular weight excluding hydrogens is 357 g/mol. The van der Waals surface area contributed by atoms with Gasteiger partial charge in [0.2, 0.25) is 11.8 Å². The van der Waals surface area contributed by atoms with Crippen LogP contribution in [0.4, 0.5) is 24.5 Å². The number of nitrogens with one attached hydrogen (secondary N) is 1. The van der Waals surface area contributed by atoms with E-state index in [1.807, 2.05) is 31.2 Å². The minimum atomic E-state index is -4.42. The number of amides is 2. The number of anilines is 2. The maximum absolute atomic E-state index is 12.6. The number of nitrogens with zero attached hydrogens (tertiary/aromatic N) is 1. The number of benzene rings is 2. The molecule has 0 bridgehead atoms. The molecule has 0 saturated heterocycles. The van der Waals surface area contributed by atoms with Crippen LogP contribution in [0.1, 0.15) is 31.4 Å². The second-order valence-corrected chi connectivity index (χ2v) is 6.03. The molecule has 7 heteroatoms. The zero-order chi connectivity index (χ0) is 20.0. The van der Waals surface area contributed by atoms with Crippen molar-refractivity contribution in [1.82, 2.24) is 0 Å². The molecule has 144 valence electrons. The molecule has 0 aliphatic rings. The van der Waals surface area contributed by atoms with E-state index < -0.39 is 11.7 Å². The minimum absolute atomic E-state index is 0.0264. The molecule has 0 aliphatic carbocycles. The Morgan fingerprint density at radius 1 is 1.04 bits per heavy atom. The average Bonchev–Trinajstić information content (AvgIpc) is 2.61. The fourth-order valence-electron chi connectivity index (χ4n) is 2.70. The molecule has 0 radical (unpaired) electrons. The van der Waals surface area contributed by atoms with Gasteiger partial charge >= 0.3 is 6.18 Å². The summed E-state index contributed by atoms with van der Waals surface area (Å²) >= 11 is 0. The normalized spacial score (nSPS) is 11.1. The molecule has 0 heterocycles. The van der Waals surface area contributed by atoms with Crippen LogP contribution in [-0.4, -0.2) is 18.4 Å². The molecule has 4 nitrogen and oxygen atoms in total. The number of aryl methyl sites for hydroxylation is 1. The summed E-state index contributed by atoms with van der Waals surface area (Å²) in [5.41, 5.74) is 1.25. The molecular formula is C20H21F3N2O2. The summed E-state index contributed by atoms with van der Waals surface area (Å²) in [6.45, 7) is 3.59. The van der Waals surface area contributed by atoms with Crippen molar-refractivity contribution < 1.29 is 22.8 Å². The molecule has 1 N–H and O–H groups in total. The molecule has 0 aliphatic heterocycles. The van der Waals surface area contributed by atoms with Gasteiger partial charge in [0.05, 0.1) is 5.56 Å². The number of alkyl halides is 3. The third kappa shape index (κ3) is 5.57. The molecule has 0 atom stereocenters. The maximum Gasteiger partial charge on any atom is 0.416 e. The van der Waals surface area contributed by atoms with Crippen molar-refractivity contribution in [1.29, 1.82) is 0 Å². The molecule has 27 heavy (non-hydrogen) atoms. The van der Waals surface area contributed by atoms with Gasteiger partial charge < -0.3 is 10.2 Å². The molecule has 0 spiro atoms. The third-order valence-electron chi connectivity index (χ3n) is 4.10. The first-order chi connectivity index (χ1) is 12.7. The molecule has 0 fully saturated rings. The summed E-state index contributed by atoms with van der Waals surface area (Å²) in [5.74, 6) is -0.562. The van der Waals surface area contributed by atoms with Crippen molar-refractivity contribution in [2.75, 3.05) is 16.8 Å². The Bertz CT molecular complexity index is 802. The van der Waals surface area contributed by atoms with E-state index in [9.17, 15) is 22.8 Å². The van der Waals surface area contributed by atoms with Crippen LogP contribution in [0, 0.1) is 0 Å². The Balaban J connectivity index is 2.01. The van der Waals surface area contributed by atoms with Gasteiger partial charge in [0.25, 0.3) is 0 Å². The number of carbonyl (C=O) groups excluding carboxylic acids is 2. The van der Waals surface area contributed by atoms with E-state index in [0.29, 0.717) is 0 Å². The number of hydrogen-bond donors (Lipinski definition) is 1. The largest absolute Gasteiger partial charge is 0.416 e. The monoisotopic (exact) mass is 378 g/mol. The molecule has 2 amide bonds. The van der Waals surface area contributed by atoms with Crippen molar-refractivity contribution in [2.24, 2.45) is 0 Å². The van der Waals surface area contributed by atoms with Gasteiger partial charge in [-0.2, -0.15) is 13.2 Å². The van der Waals surface area contributed by atoms with Gasteiger partial charge in [-0.3, -0.25) is 9.59 Å². The smallest absolute Gasteiger partial charge is 0.326 e. The predicted octanol–water partition coefficient (Wildman–Crippen LogP) is 4.65. The van der Waals surface area contributed by atoms with Crippen molar-refractivity contribution in [3.63, 3.8) is 0 Å². The lowest BCUT2D eigenvalue weighted by atomic mass is 10.1. The Kier molecular flexibility index (Phi) is 6.60. The first-order valence-corrected chi connectivity index (χ1v) is 8.55. The molecule has 2 rings (SSSR count). The van der Waals surface area contributed by atoms with Crippen molar-refractivity contribution >= 4 is 23.2 Å². The van der Waals surface area contributed by atoms with Gasteiger partial charge in [0.15, 0.2) is 0 Å². The standard InChI is InChI=1S/C20H21F3N2O2/c1-3-15-6-4-5-7-18(15)25(14(2)26)13-12-19(27)24-17-10-8-16(9-11-17)20(21,22)23/h4-11H,3,12-13H2,1-2H3,(H,24,27). The number of carbonyl (C=O) groups is 2. The number of hydrogen-bond acceptors (Lipinski definition) is 2. The van der Waals surface area contributed by atoms with Crippen LogP contribution in [0.25, 0.3) is 0 Å². The van der Waals surface area contributed by atoms with E-state index >= 15 is 0 Å². The van der Waals surface area contributed by atoms with Crippen LogP contribution < -0.4 is 10.2 Å². The lowest BCUT2D eigenvalue weighted by molar-refractivity contribution is -0.137. The van der Waals surface area contributed by atoms with Gasteiger partial charge in [0.1, 0.15) is 0 Å². The Morgan fingerprint density at radius 2 is 1.67 bits per heavy atom. The lowest BCUT2D eigenvalue weighted by Gasteiger charge is -2.23. The summed E-state index contributed by atoms with van der Waals surface area (Å²) in [5, 5.41) is 2.55. The fraction of sp³-hybridized carbons (Fsp3) is 0.300. The molecule has 0 saturated carbocycles. The van der Waals surface area contributed by atoms with Gasteiger partial charge in [-0.15, -0.1) is 0 Å². The molecule has 0 aromatic heterocycles. The second-order valence-electron chi connectivity index (χ2n) is 6.03. The zero-order valence-electron chi connectivity index (χ0n) is 15.1. The van der Waals surface area contributed by atoms with Crippen molar-refractivity contribution in [2.45, 2.75) is 32.9 Å². The van der Waals surface area contributed by atoms with Gasteiger partial charge in [-0.05, 0) is 42.3 Å². The first-order valence-electron chi connectivity index (χ1n) is 8.55. The highest BCUT2D eigenvalue weighted by atomic mass is 19.4. The van der Waals surface area contributed by atoms with Gasteiger partial charge in [0, 0.05) is 31.3 Å². The predicted molar refractivity (Wildman–Crippen MR) is 98.5 cm³/mol. The second kappa shape index (κ2) is 8.70.